The van der Waals surface area contributed by atoms with E-state index in [1.165, 1.54) is 18.3 Å². The number of hydrogen-bond donors (Lipinski definition) is 2. The highest BCUT2D eigenvalue weighted by Gasteiger charge is 2.15. The molecule has 0 fully saturated rings. The molecule has 2 N–H and O–H groups in total. The Bertz CT molecular complexity index is 745. The first kappa shape index (κ1) is 14.6. The number of rotatable bonds is 3. The van der Waals surface area contributed by atoms with Crippen molar-refractivity contribution >= 4 is 28.1 Å². The fraction of sp³-hybridized carbons (Fsp3) is 0.0769. The summed E-state index contributed by atoms with van der Waals surface area (Å²) < 4.78 is 0. The van der Waals surface area contributed by atoms with E-state index in [0.29, 0.717) is 5.56 Å². The van der Waals surface area contributed by atoms with Crippen LogP contribution in [0.3, 0.4) is 0 Å². The van der Waals surface area contributed by atoms with Gasteiger partial charge in [0.25, 0.3) is 5.91 Å². The van der Waals surface area contributed by atoms with E-state index in [9.17, 15) is 14.9 Å². The minimum atomic E-state index is -0.551. The van der Waals surface area contributed by atoms with Crippen LogP contribution in [0.5, 0.6) is 0 Å². The lowest BCUT2D eigenvalue weighted by Gasteiger charge is -2.02. The van der Waals surface area contributed by atoms with Crippen molar-refractivity contribution in [1.82, 2.24) is 4.98 Å². The Morgan fingerprint density at radius 2 is 2.29 bits per heavy atom. The van der Waals surface area contributed by atoms with Crippen LogP contribution >= 0.6 is 11.3 Å². The third-order valence-electron chi connectivity index (χ3n) is 2.31. The highest BCUT2D eigenvalue weighted by molar-refractivity contribution is 7.17. The third kappa shape index (κ3) is 3.85. The monoisotopic (exact) mass is 303 g/mol. The van der Waals surface area contributed by atoms with E-state index in [1.807, 2.05) is 0 Å². The summed E-state index contributed by atoms with van der Waals surface area (Å²) in [5.74, 6) is 4.97. The molecule has 0 bridgehead atoms. The molecule has 0 aliphatic heterocycles. The van der Waals surface area contributed by atoms with Gasteiger partial charge < -0.3 is 10.4 Å². The first-order chi connectivity index (χ1) is 10.1. The standard InChI is InChI=1S/C13H9N3O4S/c17-7-1-2-9-5-6-14-11(8-9)15-13(18)10-3-4-12(21-10)16(19)20/h3-6,8,17H,7H2,(H,14,15,18). The smallest absolute Gasteiger partial charge is 0.324 e. The van der Waals surface area contributed by atoms with Gasteiger partial charge in [-0.15, -0.1) is 0 Å². The number of nitrogens with zero attached hydrogens (tertiary/aromatic N) is 2. The molecule has 2 heterocycles. The Morgan fingerprint density at radius 1 is 1.48 bits per heavy atom. The Kier molecular flexibility index (Phi) is 4.61. The van der Waals surface area contributed by atoms with E-state index in [0.717, 1.165) is 11.3 Å². The largest absolute Gasteiger partial charge is 0.384 e. The zero-order valence-corrected chi connectivity index (χ0v) is 11.4. The van der Waals surface area contributed by atoms with Gasteiger partial charge in [-0.3, -0.25) is 14.9 Å². The molecule has 0 spiro atoms. The average molecular weight is 303 g/mol. The lowest BCUT2D eigenvalue weighted by Crippen LogP contribution is -2.11. The lowest BCUT2D eigenvalue weighted by atomic mass is 10.2. The van der Waals surface area contributed by atoms with Gasteiger partial charge in [0.05, 0.1) is 9.80 Å². The summed E-state index contributed by atoms with van der Waals surface area (Å²) in [6, 6.07) is 5.83. The minimum absolute atomic E-state index is 0.101. The van der Waals surface area contributed by atoms with Crippen LogP contribution in [0.4, 0.5) is 10.8 Å². The van der Waals surface area contributed by atoms with Crippen LogP contribution in [-0.2, 0) is 0 Å². The van der Waals surface area contributed by atoms with Gasteiger partial charge in [-0.2, -0.15) is 0 Å². The number of aromatic nitrogens is 1. The zero-order chi connectivity index (χ0) is 15.2. The molecule has 8 heteroatoms. The van der Waals surface area contributed by atoms with Crippen LogP contribution in [0.1, 0.15) is 15.2 Å². The van der Waals surface area contributed by atoms with Crippen molar-refractivity contribution in [3.05, 3.63) is 51.0 Å². The maximum atomic E-state index is 11.9. The van der Waals surface area contributed by atoms with Crippen LogP contribution in [-0.4, -0.2) is 27.5 Å². The predicted molar refractivity (Wildman–Crippen MR) is 77.1 cm³/mol. The summed E-state index contributed by atoms with van der Waals surface area (Å²) in [5.41, 5.74) is 0.589. The number of nitro groups is 1. The maximum Gasteiger partial charge on any atom is 0.324 e. The Morgan fingerprint density at radius 3 is 2.95 bits per heavy atom. The average Bonchev–Trinajstić information content (AvgIpc) is 2.95. The van der Waals surface area contributed by atoms with Crippen molar-refractivity contribution in [3.8, 4) is 11.8 Å². The summed E-state index contributed by atoms with van der Waals surface area (Å²) in [5, 5.41) is 21.6. The molecule has 0 radical (unpaired) electrons. The van der Waals surface area contributed by atoms with E-state index in [1.54, 1.807) is 12.1 Å². The summed E-state index contributed by atoms with van der Waals surface area (Å²) >= 11 is 0.786. The van der Waals surface area contributed by atoms with Crippen molar-refractivity contribution < 1.29 is 14.8 Å². The number of aliphatic hydroxyl groups excluding tert-OH is 1. The highest BCUT2D eigenvalue weighted by Crippen LogP contribution is 2.24. The van der Waals surface area contributed by atoms with Gasteiger partial charge in [0, 0.05) is 17.8 Å². The molecule has 21 heavy (non-hydrogen) atoms. The maximum absolute atomic E-state index is 11.9. The SMILES string of the molecule is O=C(Nc1cc(C#CCO)ccn1)c1ccc([N+](=O)[O-])s1. The van der Waals surface area contributed by atoms with E-state index in [2.05, 4.69) is 22.1 Å². The van der Waals surface area contributed by atoms with Crippen LogP contribution in [0.25, 0.3) is 0 Å². The molecule has 0 aliphatic carbocycles. The molecule has 0 unspecified atom stereocenters. The second-order valence-electron chi connectivity index (χ2n) is 3.74. The second-order valence-corrected chi connectivity index (χ2v) is 4.80. The third-order valence-corrected chi connectivity index (χ3v) is 3.34. The second kappa shape index (κ2) is 6.60. The van der Waals surface area contributed by atoms with E-state index >= 15 is 0 Å². The first-order valence-corrected chi connectivity index (χ1v) is 6.53. The molecule has 2 aromatic heterocycles. The molecule has 0 aliphatic rings. The van der Waals surface area contributed by atoms with Gasteiger partial charge in [-0.1, -0.05) is 23.2 Å². The summed E-state index contributed by atoms with van der Waals surface area (Å²) in [6.45, 7) is -0.261. The number of amides is 1. The van der Waals surface area contributed by atoms with Crippen molar-refractivity contribution in [1.29, 1.82) is 0 Å². The first-order valence-electron chi connectivity index (χ1n) is 5.71. The molecule has 0 atom stereocenters. The van der Waals surface area contributed by atoms with Crippen molar-refractivity contribution in [2.45, 2.75) is 0 Å². The number of nitrogens with one attached hydrogen (secondary N) is 1. The number of carbonyl (C=O) groups is 1. The van der Waals surface area contributed by atoms with Crippen LogP contribution in [0.2, 0.25) is 0 Å². The highest BCUT2D eigenvalue weighted by atomic mass is 32.1. The van der Waals surface area contributed by atoms with Gasteiger partial charge in [0.2, 0.25) is 0 Å². The Hall–Kier alpha value is -2.76. The molecule has 1 amide bonds. The molecule has 2 rings (SSSR count). The quantitative estimate of drug-likeness (QED) is 0.509. The van der Waals surface area contributed by atoms with Crippen molar-refractivity contribution in [2.24, 2.45) is 0 Å². The van der Waals surface area contributed by atoms with Gasteiger partial charge in [-0.25, -0.2) is 4.98 Å². The number of aliphatic hydroxyl groups is 1. The topological polar surface area (TPSA) is 105 Å². The lowest BCUT2D eigenvalue weighted by molar-refractivity contribution is -0.380. The zero-order valence-electron chi connectivity index (χ0n) is 10.6. The van der Waals surface area contributed by atoms with E-state index in [-0.39, 0.29) is 22.3 Å². The van der Waals surface area contributed by atoms with Gasteiger partial charge in [-0.05, 0) is 18.2 Å². The fourth-order valence-corrected chi connectivity index (χ4v) is 2.16. The number of anilines is 1. The van der Waals surface area contributed by atoms with E-state index < -0.39 is 10.8 Å². The summed E-state index contributed by atoms with van der Waals surface area (Å²) in [4.78, 5) is 26.1. The summed E-state index contributed by atoms with van der Waals surface area (Å²) in [6.07, 6.45) is 1.47. The number of hydrogen-bond acceptors (Lipinski definition) is 6. The Balaban J connectivity index is 2.13. The van der Waals surface area contributed by atoms with E-state index in [4.69, 9.17) is 5.11 Å². The van der Waals surface area contributed by atoms with Gasteiger partial charge in [0.15, 0.2) is 0 Å². The molecular formula is C13H9N3O4S. The molecular weight excluding hydrogens is 294 g/mol. The number of thiophene rings is 1. The van der Waals surface area contributed by atoms with Gasteiger partial charge >= 0.3 is 5.00 Å². The molecule has 0 saturated heterocycles. The number of carbonyl (C=O) groups excluding carboxylic acids is 1. The summed E-state index contributed by atoms with van der Waals surface area (Å²) in [7, 11) is 0. The Labute approximate surface area is 123 Å². The molecule has 2 aromatic rings. The van der Waals surface area contributed by atoms with Crippen molar-refractivity contribution in [3.63, 3.8) is 0 Å². The fourth-order valence-electron chi connectivity index (χ4n) is 1.44. The minimum Gasteiger partial charge on any atom is -0.384 e. The molecule has 0 aromatic carbocycles. The molecule has 0 saturated carbocycles. The van der Waals surface area contributed by atoms with Gasteiger partial charge in [0.1, 0.15) is 12.4 Å². The van der Waals surface area contributed by atoms with Crippen LogP contribution in [0, 0.1) is 22.0 Å². The predicted octanol–water partition coefficient (Wildman–Crippen LogP) is 1.65. The number of pyridine rings is 1. The van der Waals surface area contributed by atoms with Crippen LogP contribution < -0.4 is 5.32 Å². The normalized spacial score (nSPS) is 9.57. The van der Waals surface area contributed by atoms with Crippen molar-refractivity contribution in [2.75, 3.05) is 11.9 Å². The van der Waals surface area contributed by atoms with Crippen LogP contribution in [0.15, 0.2) is 30.5 Å². The molecule has 106 valence electrons. The molecule has 7 nitrogen and oxygen atoms in total.